The molecule has 2 rings (SSSR count). The van der Waals surface area contributed by atoms with Crippen molar-refractivity contribution in [3.63, 3.8) is 0 Å². The highest BCUT2D eigenvalue weighted by atomic mass is 32.2. The van der Waals surface area contributed by atoms with Crippen molar-refractivity contribution in [1.82, 2.24) is 10.3 Å². The van der Waals surface area contributed by atoms with Crippen molar-refractivity contribution in [3.8, 4) is 11.5 Å². The molecule has 0 fully saturated rings. The van der Waals surface area contributed by atoms with E-state index in [4.69, 9.17) is 15.2 Å². The molecule has 0 radical (unpaired) electrons. The number of aliphatic imine (C=N–C) groups is 1. The number of nitrogens with one attached hydrogen (secondary N) is 1. The molecule has 0 spiro atoms. The molecule has 8 heteroatoms. The van der Waals surface area contributed by atoms with Crippen LogP contribution in [-0.2, 0) is 6.54 Å². The molecule has 0 aliphatic carbocycles. The first-order valence-corrected chi connectivity index (χ1v) is 9.36. The van der Waals surface area contributed by atoms with Gasteiger partial charge in [-0.15, -0.1) is 11.3 Å². The Kier molecular flexibility index (Phi) is 7.70. The van der Waals surface area contributed by atoms with Gasteiger partial charge in [-0.1, -0.05) is 17.8 Å². The van der Waals surface area contributed by atoms with E-state index < -0.39 is 0 Å². The summed E-state index contributed by atoms with van der Waals surface area (Å²) in [6, 6.07) is 5.71. The van der Waals surface area contributed by atoms with E-state index in [9.17, 15) is 0 Å². The van der Waals surface area contributed by atoms with Crippen molar-refractivity contribution in [2.45, 2.75) is 17.3 Å². The third-order valence-electron chi connectivity index (χ3n) is 3.14. The molecule has 2 aromatic rings. The number of nitrogens with two attached hydrogens (primary N) is 1. The van der Waals surface area contributed by atoms with E-state index in [-0.39, 0.29) is 0 Å². The van der Waals surface area contributed by atoms with Gasteiger partial charge < -0.3 is 20.5 Å². The van der Waals surface area contributed by atoms with E-state index in [2.05, 4.69) is 15.3 Å². The molecule has 1 aromatic carbocycles. The molecule has 0 aliphatic heterocycles. The maximum absolute atomic E-state index is 5.89. The van der Waals surface area contributed by atoms with Crippen LogP contribution in [0.25, 0.3) is 0 Å². The number of ether oxygens (including phenoxy) is 2. The number of rotatable bonds is 9. The van der Waals surface area contributed by atoms with Crippen molar-refractivity contribution in [2.75, 3.05) is 26.5 Å². The van der Waals surface area contributed by atoms with Crippen LogP contribution in [-0.4, -0.2) is 37.5 Å². The predicted molar refractivity (Wildman–Crippen MR) is 100 cm³/mol. The Morgan fingerprint density at radius 1 is 1.33 bits per heavy atom. The van der Waals surface area contributed by atoms with Gasteiger partial charge in [0.15, 0.2) is 17.5 Å². The van der Waals surface area contributed by atoms with E-state index in [1.807, 2.05) is 29.8 Å². The number of hydrogen-bond donors (Lipinski definition) is 2. The van der Waals surface area contributed by atoms with Crippen molar-refractivity contribution < 1.29 is 9.47 Å². The second kappa shape index (κ2) is 10.0. The van der Waals surface area contributed by atoms with E-state index in [1.165, 1.54) is 0 Å². The fourth-order valence-electron chi connectivity index (χ4n) is 1.94. The quantitative estimate of drug-likeness (QED) is 0.307. The maximum Gasteiger partial charge on any atom is 0.188 e. The van der Waals surface area contributed by atoms with Gasteiger partial charge in [0, 0.05) is 23.9 Å². The summed E-state index contributed by atoms with van der Waals surface area (Å²) in [5, 5.41) is 5.11. The predicted octanol–water partition coefficient (Wildman–Crippen LogP) is 2.75. The van der Waals surface area contributed by atoms with Gasteiger partial charge in [-0.3, -0.25) is 0 Å². The van der Waals surface area contributed by atoms with Gasteiger partial charge in [-0.05, 0) is 24.1 Å². The lowest BCUT2D eigenvalue weighted by Gasteiger charge is -2.09. The third-order valence-corrected chi connectivity index (χ3v) is 5.19. The first-order valence-electron chi connectivity index (χ1n) is 7.50. The molecular weight excluding hydrogens is 344 g/mol. The molecule has 0 atom stereocenters. The summed E-state index contributed by atoms with van der Waals surface area (Å²) in [6.07, 6.45) is 2.82. The number of thiazole rings is 1. The van der Waals surface area contributed by atoms with Gasteiger partial charge in [0.25, 0.3) is 0 Å². The van der Waals surface area contributed by atoms with E-state index in [1.54, 1.807) is 37.3 Å². The summed E-state index contributed by atoms with van der Waals surface area (Å²) in [4.78, 5) is 8.57. The number of guanidine groups is 1. The summed E-state index contributed by atoms with van der Waals surface area (Å²) < 4.78 is 11.6. The number of nitrogens with zero attached hydrogens (tertiary/aromatic N) is 2. The molecule has 0 saturated carbocycles. The lowest BCUT2D eigenvalue weighted by molar-refractivity contribution is 0.354. The molecule has 0 saturated heterocycles. The smallest absolute Gasteiger partial charge is 0.188 e. The molecule has 0 amide bonds. The van der Waals surface area contributed by atoms with Crippen LogP contribution in [0.3, 0.4) is 0 Å². The molecule has 0 aliphatic rings. The number of thioether (sulfide) groups is 1. The highest BCUT2D eigenvalue weighted by Crippen LogP contribution is 2.27. The van der Waals surface area contributed by atoms with Crippen molar-refractivity contribution in [3.05, 3.63) is 35.3 Å². The van der Waals surface area contributed by atoms with E-state index >= 15 is 0 Å². The van der Waals surface area contributed by atoms with Crippen molar-refractivity contribution >= 4 is 29.1 Å². The summed E-state index contributed by atoms with van der Waals surface area (Å²) in [6.45, 7) is 1.28. The summed E-state index contributed by atoms with van der Waals surface area (Å²) in [7, 11) is 3.23. The molecule has 0 unspecified atom stereocenters. The largest absolute Gasteiger partial charge is 0.493 e. The SMILES string of the molecule is COc1ccc(CN=C(N)NCCCSc2nccs2)cc1OC. The number of benzene rings is 1. The van der Waals surface area contributed by atoms with E-state index in [0.29, 0.717) is 24.0 Å². The Hall–Kier alpha value is -1.93. The van der Waals surface area contributed by atoms with Gasteiger partial charge in [0.05, 0.1) is 20.8 Å². The molecule has 3 N–H and O–H groups in total. The van der Waals surface area contributed by atoms with Crippen LogP contribution in [0, 0.1) is 0 Å². The van der Waals surface area contributed by atoms with Crippen molar-refractivity contribution in [1.29, 1.82) is 0 Å². The Morgan fingerprint density at radius 3 is 2.88 bits per heavy atom. The third kappa shape index (κ3) is 5.93. The first kappa shape index (κ1) is 18.4. The van der Waals surface area contributed by atoms with Gasteiger partial charge in [-0.25, -0.2) is 9.98 Å². The highest BCUT2D eigenvalue weighted by Gasteiger charge is 2.04. The normalized spacial score (nSPS) is 11.3. The van der Waals surface area contributed by atoms with Crippen LogP contribution in [0.15, 0.2) is 39.1 Å². The lowest BCUT2D eigenvalue weighted by atomic mass is 10.2. The van der Waals surface area contributed by atoms with Crippen LogP contribution in [0.5, 0.6) is 11.5 Å². The van der Waals surface area contributed by atoms with Crippen LogP contribution < -0.4 is 20.5 Å². The second-order valence-corrected chi connectivity index (χ2v) is 7.05. The van der Waals surface area contributed by atoms with Crippen LogP contribution in [0.2, 0.25) is 0 Å². The average Bonchev–Trinajstić information content (AvgIpc) is 3.12. The standard InChI is InChI=1S/C16H22N4O2S2/c1-21-13-5-4-12(10-14(13)22-2)11-20-15(17)18-6-3-8-23-16-19-7-9-24-16/h4-5,7,9-10H,3,6,8,11H2,1-2H3,(H3,17,18,20). The van der Waals surface area contributed by atoms with Gasteiger partial charge in [0.2, 0.25) is 0 Å². The highest BCUT2D eigenvalue weighted by molar-refractivity contribution is 8.00. The zero-order valence-electron chi connectivity index (χ0n) is 13.8. The van der Waals surface area contributed by atoms with Gasteiger partial charge >= 0.3 is 0 Å². The monoisotopic (exact) mass is 366 g/mol. The van der Waals surface area contributed by atoms with E-state index in [0.717, 1.165) is 28.6 Å². The first-order chi connectivity index (χ1) is 11.7. The molecule has 6 nitrogen and oxygen atoms in total. The topological polar surface area (TPSA) is 81.8 Å². The maximum atomic E-state index is 5.89. The van der Waals surface area contributed by atoms with Crippen molar-refractivity contribution in [2.24, 2.45) is 10.7 Å². The van der Waals surface area contributed by atoms with Crippen LogP contribution in [0.4, 0.5) is 0 Å². The fourth-order valence-corrected chi connectivity index (χ4v) is 3.59. The Morgan fingerprint density at radius 2 is 2.17 bits per heavy atom. The zero-order valence-corrected chi connectivity index (χ0v) is 15.5. The Labute approximate surface area is 150 Å². The summed E-state index contributed by atoms with van der Waals surface area (Å²) >= 11 is 3.42. The minimum atomic E-state index is 0.448. The Bertz CT molecular complexity index is 648. The molecule has 1 aromatic heterocycles. The molecular formula is C16H22N4O2S2. The fraction of sp³-hybridized carbons (Fsp3) is 0.375. The molecule has 130 valence electrons. The summed E-state index contributed by atoms with van der Waals surface area (Å²) in [5.74, 6) is 2.85. The summed E-state index contributed by atoms with van der Waals surface area (Å²) in [5.41, 5.74) is 6.90. The minimum absolute atomic E-state index is 0.448. The zero-order chi connectivity index (χ0) is 17.2. The van der Waals surface area contributed by atoms with Gasteiger partial charge in [0.1, 0.15) is 4.34 Å². The Balaban J connectivity index is 1.71. The van der Waals surface area contributed by atoms with Crippen LogP contribution >= 0.6 is 23.1 Å². The molecule has 24 heavy (non-hydrogen) atoms. The number of aromatic nitrogens is 1. The minimum Gasteiger partial charge on any atom is -0.493 e. The van der Waals surface area contributed by atoms with Crippen LogP contribution in [0.1, 0.15) is 12.0 Å². The molecule has 0 bridgehead atoms. The number of methoxy groups -OCH3 is 2. The second-order valence-electron chi connectivity index (χ2n) is 4.82. The molecule has 1 heterocycles. The average molecular weight is 367 g/mol. The van der Waals surface area contributed by atoms with Gasteiger partial charge in [-0.2, -0.15) is 0 Å². The lowest BCUT2D eigenvalue weighted by Crippen LogP contribution is -2.32. The number of hydrogen-bond acceptors (Lipinski definition) is 6.